The van der Waals surface area contributed by atoms with Gasteiger partial charge in [-0.05, 0) is 37.1 Å². The van der Waals surface area contributed by atoms with Gasteiger partial charge < -0.3 is 10.2 Å². The lowest BCUT2D eigenvalue weighted by atomic mass is 10.0. The van der Waals surface area contributed by atoms with Crippen molar-refractivity contribution in [2.24, 2.45) is 4.99 Å². The molecule has 0 unspecified atom stereocenters. The second-order valence-electron chi connectivity index (χ2n) is 7.13. The van der Waals surface area contributed by atoms with E-state index in [1.807, 2.05) is 60.7 Å². The molecular weight excluding hydrogens is 350 g/mol. The third kappa shape index (κ3) is 5.06. The number of likely N-dealkylation sites (tertiary alicyclic amines) is 1. The summed E-state index contributed by atoms with van der Waals surface area (Å²) in [5.41, 5.74) is 2.06. The Labute approximate surface area is 166 Å². The zero-order chi connectivity index (χ0) is 19.8. The summed E-state index contributed by atoms with van der Waals surface area (Å²) in [6.45, 7) is 4.59. The fourth-order valence-electron chi connectivity index (χ4n) is 3.61. The van der Waals surface area contributed by atoms with Crippen LogP contribution in [0.4, 0.5) is 0 Å². The van der Waals surface area contributed by atoms with Gasteiger partial charge in [0.2, 0.25) is 11.8 Å². The fraction of sp³-hybridized carbons (Fsp3) is 0.348. The third-order valence-electron chi connectivity index (χ3n) is 5.18. The molecule has 0 saturated carbocycles. The van der Waals surface area contributed by atoms with E-state index < -0.39 is 12.1 Å². The van der Waals surface area contributed by atoms with E-state index in [1.54, 1.807) is 4.90 Å². The van der Waals surface area contributed by atoms with E-state index in [-0.39, 0.29) is 11.8 Å². The Hall–Kier alpha value is -2.95. The van der Waals surface area contributed by atoms with Gasteiger partial charge in [0.05, 0.1) is 0 Å². The topological polar surface area (TPSA) is 61.8 Å². The van der Waals surface area contributed by atoms with Gasteiger partial charge in [-0.15, -0.1) is 0 Å². The van der Waals surface area contributed by atoms with Crippen molar-refractivity contribution in [3.05, 3.63) is 71.8 Å². The number of rotatable bonds is 7. The van der Waals surface area contributed by atoms with Crippen LogP contribution in [0.25, 0.3) is 0 Å². The first-order valence-electron chi connectivity index (χ1n) is 9.81. The first-order valence-corrected chi connectivity index (χ1v) is 9.81. The second kappa shape index (κ2) is 9.83. The standard InChI is InChI=1S/C23H27N3O2/c1-24-20-14-8-9-15-26(23(20)28)21(16-18-10-4-2-5-11-18)22(27)25-17-19-12-6-3-7-13-19/h2-7,10-13,20-21H,1,8-9,14-17H2,(H,25,27)/t20-,21+/m0/s1. The van der Waals surface area contributed by atoms with Crippen LogP contribution in [0, 0.1) is 0 Å². The van der Waals surface area contributed by atoms with Gasteiger partial charge in [0.15, 0.2) is 0 Å². The molecule has 0 bridgehead atoms. The third-order valence-corrected chi connectivity index (χ3v) is 5.18. The molecule has 2 aromatic rings. The van der Waals surface area contributed by atoms with Crippen molar-refractivity contribution in [1.29, 1.82) is 0 Å². The summed E-state index contributed by atoms with van der Waals surface area (Å²) >= 11 is 0. The molecule has 1 N–H and O–H groups in total. The minimum atomic E-state index is -0.555. The number of hydrogen-bond acceptors (Lipinski definition) is 3. The van der Waals surface area contributed by atoms with Crippen molar-refractivity contribution < 1.29 is 9.59 Å². The summed E-state index contributed by atoms with van der Waals surface area (Å²) in [7, 11) is 0. The number of nitrogens with one attached hydrogen (secondary N) is 1. The quantitative estimate of drug-likeness (QED) is 0.754. The summed E-state index contributed by atoms with van der Waals surface area (Å²) in [6, 6.07) is 18.6. The highest BCUT2D eigenvalue weighted by molar-refractivity contribution is 5.90. The van der Waals surface area contributed by atoms with Crippen LogP contribution in [-0.4, -0.2) is 42.1 Å². The van der Waals surface area contributed by atoms with Crippen LogP contribution in [0.3, 0.4) is 0 Å². The highest BCUT2D eigenvalue weighted by atomic mass is 16.2. The minimum Gasteiger partial charge on any atom is -0.350 e. The van der Waals surface area contributed by atoms with Crippen LogP contribution >= 0.6 is 0 Å². The van der Waals surface area contributed by atoms with Crippen LogP contribution in [0.5, 0.6) is 0 Å². The van der Waals surface area contributed by atoms with Gasteiger partial charge in [-0.25, -0.2) is 0 Å². The summed E-state index contributed by atoms with van der Waals surface area (Å²) < 4.78 is 0. The average Bonchev–Trinajstić information content (AvgIpc) is 2.93. The maximum Gasteiger partial charge on any atom is 0.248 e. The molecule has 5 heteroatoms. The summed E-state index contributed by atoms with van der Waals surface area (Å²) in [5.74, 6) is -0.228. The molecule has 0 aromatic heterocycles. The predicted molar refractivity (Wildman–Crippen MR) is 111 cm³/mol. The fourth-order valence-corrected chi connectivity index (χ4v) is 3.61. The maximum absolute atomic E-state index is 13.1. The largest absolute Gasteiger partial charge is 0.350 e. The molecule has 5 nitrogen and oxygen atoms in total. The Morgan fingerprint density at radius 2 is 1.71 bits per heavy atom. The molecule has 1 heterocycles. The number of carbonyl (C=O) groups is 2. The van der Waals surface area contributed by atoms with E-state index in [1.165, 1.54) is 0 Å². The Kier molecular flexibility index (Phi) is 6.95. The first-order chi connectivity index (χ1) is 13.7. The molecule has 3 rings (SSSR count). The lowest BCUT2D eigenvalue weighted by Gasteiger charge is -2.31. The average molecular weight is 377 g/mol. The van der Waals surface area contributed by atoms with Gasteiger partial charge in [0.1, 0.15) is 12.1 Å². The normalized spacial score (nSPS) is 18.2. The molecule has 2 amide bonds. The molecule has 0 aliphatic carbocycles. The van der Waals surface area contributed by atoms with E-state index in [2.05, 4.69) is 17.0 Å². The number of carbonyl (C=O) groups excluding carboxylic acids is 2. The number of amides is 2. The van der Waals surface area contributed by atoms with Gasteiger partial charge in [-0.2, -0.15) is 0 Å². The first kappa shape index (κ1) is 19.8. The Morgan fingerprint density at radius 3 is 2.36 bits per heavy atom. The van der Waals surface area contributed by atoms with Crippen LogP contribution in [0.2, 0.25) is 0 Å². The van der Waals surface area contributed by atoms with Crippen LogP contribution in [0.1, 0.15) is 30.4 Å². The van der Waals surface area contributed by atoms with Crippen molar-refractivity contribution in [3.8, 4) is 0 Å². The Morgan fingerprint density at radius 1 is 1.07 bits per heavy atom. The maximum atomic E-state index is 13.1. The molecule has 2 atom stereocenters. The summed E-state index contributed by atoms with van der Waals surface area (Å²) in [5, 5.41) is 3.01. The SMILES string of the molecule is C=N[C@H]1CCCCN([C@H](Cc2ccccc2)C(=O)NCc2ccccc2)C1=O. The van der Waals surface area contributed by atoms with Gasteiger partial charge in [-0.1, -0.05) is 60.7 Å². The lowest BCUT2D eigenvalue weighted by molar-refractivity contribution is -0.141. The molecule has 1 saturated heterocycles. The number of nitrogens with zero attached hydrogens (tertiary/aromatic N) is 2. The van der Waals surface area contributed by atoms with E-state index in [0.29, 0.717) is 25.9 Å². The monoisotopic (exact) mass is 377 g/mol. The molecule has 2 aromatic carbocycles. The predicted octanol–water partition coefficient (Wildman–Crippen LogP) is 3.00. The molecule has 0 spiro atoms. The van der Waals surface area contributed by atoms with Gasteiger partial charge >= 0.3 is 0 Å². The van der Waals surface area contributed by atoms with Gasteiger partial charge in [0, 0.05) is 19.5 Å². The highest BCUT2D eigenvalue weighted by Gasteiger charge is 2.34. The molecule has 1 aliphatic rings. The molecular formula is C23H27N3O2. The smallest absolute Gasteiger partial charge is 0.248 e. The number of hydrogen-bond donors (Lipinski definition) is 1. The van der Waals surface area contributed by atoms with E-state index in [9.17, 15) is 9.59 Å². The van der Waals surface area contributed by atoms with Crippen molar-refractivity contribution in [1.82, 2.24) is 10.2 Å². The summed E-state index contributed by atoms with van der Waals surface area (Å²) in [6.07, 6.45) is 2.96. The molecule has 1 aliphatic heterocycles. The van der Waals surface area contributed by atoms with E-state index >= 15 is 0 Å². The second-order valence-corrected chi connectivity index (χ2v) is 7.13. The number of aliphatic imine (C=N–C) groups is 1. The minimum absolute atomic E-state index is 0.0942. The zero-order valence-electron chi connectivity index (χ0n) is 16.1. The van der Waals surface area contributed by atoms with Crippen molar-refractivity contribution in [3.63, 3.8) is 0 Å². The zero-order valence-corrected chi connectivity index (χ0v) is 16.1. The lowest BCUT2D eigenvalue weighted by Crippen LogP contribution is -2.52. The Bertz CT molecular complexity index is 792. The van der Waals surface area contributed by atoms with Crippen molar-refractivity contribution >= 4 is 18.5 Å². The van der Waals surface area contributed by atoms with E-state index in [0.717, 1.165) is 24.0 Å². The van der Waals surface area contributed by atoms with E-state index in [4.69, 9.17) is 0 Å². The van der Waals surface area contributed by atoms with Gasteiger partial charge in [0.25, 0.3) is 0 Å². The highest BCUT2D eigenvalue weighted by Crippen LogP contribution is 2.19. The Balaban J connectivity index is 1.80. The molecule has 0 radical (unpaired) electrons. The van der Waals surface area contributed by atoms with Crippen molar-refractivity contribution in [2.75, 3.05) is 6.54 Å². The molecule has 146 valence electrons. The van der Waals surface area contributed by atoms with Crippen LogP contribution < -0.4 is 5.32 Å². The molecule has 28 heavy (non-hydrogen) atoms. The van der Waals surface area contributed by atoms with Crippen LogP contribution in [0.15, 0.2) is 65.7 Å². The van der Waals surface area contributed by atoms with Gasteiger partial charge in [-0.3, -0.25) is 14.6 Å². The van der Waals surface area contributed by atoms with Crippen molar-refractivity contribution in [2.45, 2.75) is 44.3 Å². The molecule has 1 fully saturated rings. The number of benzene rings is 2. The summed E-state index contributed by atoms with van der Waals surface area (Å²) in [4.78, 5) is 31.8. The van der Waals surface area contributed by atoms with Crippen LogP contribution in [-0.2, 0) is 22.6 Å².